The highest BCUT2D eigenvalue weighted by molar-refractivity contribution is 5.78. The first-order valence-electron chi connectivity index (χ1n) is 6.32. The van der Waals surface area contributed by atoms with Crippen molar-refractivity contribution in [1.29, 1.82) is 0 Å². The first kappa shape index (κ1) is 14.7. The molecule has 0 radical (unpaired) electrons. The van der Waals surface area contributed by atoms with Gasteiger partial charge in [0.05, 0.1) is 17.7 Å². The Labute approximate surface area is 108 Å². The molecule has 102 valence electrons. The summed E-state index contributed by atoms with van der Waals surface area (Å²) >= 11 is 0. The summed E-state index contributed by atoms with van der Waals surface area (Å²) in [5.74, 6) is -0.128. The number of ether oxygens (including phenoxy) is 1. The maximum absolute atomic E-state index is 12.2. The Hall–Kier alpha value is -1.36. The summed E-state index contributed by atoms with van der Waals surface area (Å²) in [7, 11) is 1.85. The Morgan fingerprint density at radius 3 is 2.67 bits per heavy atom. The average Bonchev–Trinajstić information content (AvgIpc) is 2.71. The number of aryl methyl sites for hydroxylation is 1. The van der Waals surface area contributed by atoms with Crippen molar-refractivity contribution < 1.29 is 9.53 Å². The molecule has 0 fully saturated rings. The summed E-state index contributed by atoms with van der Waals surface area (Å²) in [6, 6.07) is 1.91. The number of nitrogens with zero attached hydrogens (tertiary/aromatic N) is 2. The van der Waals surface area contributed by atoms with Gasteiger partial charge in [-0.3, -0.25) is 9.48 Å². The summed E-state index contributed by atoms with van der Waals surface area (Å²) in [6.45, 7) is 6.43. The highest BCUT2D eigenvalue weighted by Gasteiger charge is 2.42. The normalized spacial score (nSPS) is 14.6. The second-order valence-electron chi connectivity index (χ2n) is 4.89. The van der Waals surface area contributed by atoms with Crippen molar-refractivity contribution >= 4 is 5.97 Å². The minimum atomic E-state index is -0.690. The SMILES string of the molecule is CCOC(=O)C(CN)(Cc1ccn(C)n1)C(C)C. The van der Waals surface area contributed by atoms with Crippen LogP contribution in [-0.4, -0.2) is 28.9 Å². The van der Waals surface area contributed by atoms with E-state index in [0.29, 0.717) is 13.0 Å². The molecule has 1 aromatic heterocycles. The number of hydrogen-bond donors (Lipinski definition) is 1. The first-order valence-corrected chi connectivity index (χ1v) is 6.32. The molecule has 0 aromatic carbocycles. The Bertz CT molecular complexity index is 401. The van der Waals surface area contributed by atoms with Crippen LogP contribution >= 0.6 is 0 Å². The van der Waals surface area contributed by atoms with Crippen LogP contribution in [0, 0.1) is 11.3 Å². The highest BCUT2D eigenvalue weighted by Crippen LogP contribution is 2.32. The lowest BCUT2D eigenvalue weighted by Gasteiger charge is -2.33. The van der Waals surface area contributed by atoms with Crippen molar-refractivity contribution in [1.82, 2.24) is 9.78 Å². The van der Waals surface area contributed by atoms with E-state index in [9.17, 15) is 4.79 Å². The molecule has 0 aliphatic rings. The molecular weight excluding hydrogens is 230 g/mol. The lowest BCUT2D eigenvalue weighted by molar-refractivity contribution is -0.157. The van der Waals surface area contributed by atoms with Gasteiger partial charge in [-0.1, -0.05) is 13.8 Å². The van der Waals surface area contributed by atoms with Gasteiger partial charge >= 0.3 is 5.97 Å². The van der Waals surface area contributed by atoms with Gasteiger partial charge in [0.15, 0.2) is 0 Å². The Morgan fingerprint density at radius 1 is 1.61 bits per heavy atom. The molecule has 5 nitrogen and oxygen atoms in total. The highest BCUT2D eigenvalue weighted by atomic mass is 16.5. The molecular formula is C13H23N3O2. The van der Waals surface area contributed by atoms with Crippen molar-refractivity contribution in [3.8, 4) is 0 Å². The molecule has 0 aliphatic heterocycles. The van der Waals surface area contributed by atoms with Crippen LogP contribution < -0.4 is 5.73 Å². The number of carbonyl (C=O) groups is 1. The van der Waals surface area contributed by atoms with E-state index in [4.69, 9.17) is 10.5 Å². The van der Waals surface area contributed by atoms with E-state index in [1.807, 2.05) is 33.2 Å². The van der Waals surface area contributed by atoms with E-state index in [0.717, 1.165) is 5.69 Å². The molecule has 18 heavy (non-hydrogen) atoms. The molecule has 0 amide bonds. The smallest absolute Gasteiger partial charge is 0.314 e. The molecule has 2 N–H and O–H groups in total. The number of aromatic nitrogens is 2. The number of esters is 1. The van der Waals surface area contributed by atoms with E-state index in [2.05, 4.69) is 5.10 Å². The molecule has 0 saturated heterocycles. The second-order valence-corrected chi connectivity index (χ2v) is 4.89. The van der Waals surface area contributed by atoms with Crippen molar-refractivity contribution in [2.45, 2.75) is 27.2 Å². The topological polar surface area (TPSA) is 70.1 Å². The fourth-order valence-electron chi connectivity index (χ4n) is 2.06. The minimum absolute atomic E-state index is 0.101. The molecule has 0 spiro atoms. The van der Waals surface area contributed by atoms with Crippen LogP contribution in [0.25, 0.3) is 0 Å². The van der Waals surface area contributed by atoms with Gasteiger partial charge in [0.1, 0.15) is 0 Å². The molecule has 1 rings (SSSR count). The van der Waals surface area contributed by atoms with Gasteiger partial charge in [-0.2, -0.15) is 5.10 Å². The lowest BCUT2D eigenvalue weighted by atomic mass is 9.73. The van der Waals surface area contributed by atoms with Crippen molar-refractivity contribution in [3.05, 3.63) is 18.0 Å². The maximum Gasteiger partial charge on any atom is 0.314 e. The predicted octanol–water partition coefficient (Wildman–Crippen LogP) is 1.13. The molecule has 0 saturated carbocycles. The van der Waals surface area contributed by atoms with Crippen molar-refractivity contribution in [3.63, 3.8) is 0 Å². The zero-order valence-corrected chi connectivity index (χ0v) is 11.6. The molecule has 1 unspecified atom stereocenters. The zero-order valence-electron chi connectivity index (χ0n) is 11.6. The number of carbonyl (C=O) groups excluding carboxylic acids is 1. The third kappa shape index (κ3) is 2.90. The van der Waals surface area contributed by atoms with Crippen LogP contribution in [0.2, 0.25) is 0 Å². The van der Waals surface area contributed by atoms with Crippen molar-refractivity contribution in [2.75, 3.05) is 13.2 Å². The number of hydrogen-bond acceptors (Lipinski definition) is 4. The lowest BCUT2D eigenvalue weighted by Crippen LogP contribution is -2.46. The van der Waals surface area contributed by atoms with Crippen LogP contribution in [-0.2, 0) is 23.0 Å². The monoisotopic (exact) mass is 253 g/mol. The average molecular weight is 253 g/mol. The van der Waals surface area contributed by atoms with E-state index < -0.39 is 5.41 Å². The van der Waals surface area contributed by atoms with Gasteiger partial charge in [0.25, 0.3) is 0 Å². The molecule has 5 heteroatoms. The Morgan fingerprint density at radius 2 is 2.28 bits per heavy atom. The van der Waals surface area contributed by atoms with Crippen molar-refractivity contribution in [2.24, 2.45) is 24.1 Å². The van der Waals surface area contributed by atoms with Crippen LogP contribution in [0.3, 0.4) is 0 Å². The minimum Gasteiger partial charge on any atom is -0.466 e. The van der Waals surface area contributed by atoms with E-state index in [1.54, 1.807) is 11.6 Å². The van der Waals surface area contributed by atoms with Gasteiger partial charge in [-0.15, -0.1) is 0 Å². The van der Waals surface area contributed by atoms with Gasteiger partial charge in [-0.05, 0) is 18.9 Å². The van der Waals surface area contributed by atoms with Crippen LogP contribution in [0.15, 0.2) is 12.3 Å². The Kier molecular flexibility index (Phi) is 4.90. The van der Waals surface area contributed by atoms with Gasteiger partial charge in [0.2, 0.25) is 0 Å². The van der Waals surface area contributed by atoms with E-state index >= 15 is 0 Å². The largest absolute Gasteiger partial charge is 0.466 e. The maximum atomic E-state index is 12.2. The summed E-state index contributed by atoms with van der Waals surface area (Å²) < 4.78 is 6.91. The second kappa shape index (κ2) is 6.00. The number of nitrogens with two attached hydrogens (primary N) is 1. The molecule has 1 atom stereocenters. The van der Waals surface area contributed by atoms with E-state index in [1.165, 1.54) is 0 Å². The molecule has 1 heterocycles. The quantitative estimate of drug-likeness (QED) is 0.771. The molecule has 0 aliphatic carbocycles. The summed E-state index contributed by atoms with van der Waals surface area (Å²) in [4.78, 5) is 12.2. The molecule has 1 aromatic rings. The van der Waals surface area contributed by atoms with Crippen LogP contribution in [0.4, 0.5) is 0 Å². The van der Waals surface area contributed by atoms with Gasteiger partial charge in [0, 0.05) is 26.2 Å². The van der Waals surface area contributed by atoms with Crippen LogP contribution in [0.5, 0.6) is 0 Å². The standard InChI is InChI=1S/C13H23N3O2/c1-5-18-12(17)13(9-14,10(2)3)8-11-6-7-16(4)15-11/h6-7,10H,5,8-9,14H2,1-4H3. The van der Waals surface area contributed by atoms with Crippen LogP contribution in [0.1, 0.15) is 26.5 Å². The summed E-state index contributed by atoms with van der Waals surface area (Å²) in [6.07, 6.45) is 2.38. The van der Waals surface area contributed by atoms with Gasteiger partial charge < -0.3 is 10.5 Å². The fraction of sp³-hybridized carbons (Fsp3) is 0.692. The third-order valence-electron chi connectivity index (χ3n) is 3.42. The van der Waals surface area contributed by atoms with E-state index in [-0.39, 0.29) is 18.4 Å². The van der Waals surface area contributed by atoms with Gasteiger partial charge in [-0.25, -0.2) is 0 Å². The summed E-state index contributed by atoms with van der Waals surface area (Å²) in [5.41, 5.74) is 6.03. The number of rotatable bonds is 6. The first-order chi connectivity index (χ1) is 8.46. The third-order valence-corrected chi connectivity index (χ3v) is 3.42. The Balaban J connectivity index is 3.00. The summed E-state index contributed by atoms with van der Waals surface area (Å²) in [5, 5.41) is 4.32. The predicted molar refractivity (Wildman–Crippen MR) is 69.9 cm³/mol. The zero-order chi connectivity index (χ0) is 13.8. The fourth-order valence-corrected chi connectivity index (χ4v) is 2.06. The molecule has 0 bridgehead atoms.